The summed E-state index contributed by atoms with van der Waals surface area (Å²) < 4.78 is 1.62. The van der Waals surface area contributed by atoms with Crippen LogP contribution in [0.3, 0.4) is 0 Å². The van der Waals surface area contributed by atoms with Gasteiger partial charge in [0.25, 0.3) is 0 Å². The number of hydrogen-bond acceptors (Lipinski definition) is 1. The molecule has 0 unspecified atom stereocenters. The average molecular weight is 390 g/mol. The third-order valence-corrected chi connectivity index (χ3v) is 8.71. The summed E-state index contributed by atoms with van der Waals surface area (Å²) in [4.78, 5) is 4.43. The Balaban J connectivity index is 0.00000180. The van der Waals surface area contributed by atoms with Gasteiger partial charge in [0, 0.05) is 0 Å². The van der Waals surface area contributed by atoms with Crippen LogP contribution in [0.15, 0.2) is 46.2 Å². The van der Waals surface area contributed by atoms with E-state index in [9.17, 15) is 0 Å². The van der Waals surface area contributed by atoms with Crippen LogP contribution in [0.4, 0.5) is 0 Å². The van der Waals surface area contributed by atoms with Crippen molar-refractivity contribution in [1.29, 1.82) is 0 Å². The zero-order chi connectivity index (χ0) is 13.2. The van der Waals surface area contributed by atoms with Gasteiger partial charge in [-0.1, -0.05) is 0 Å². The second-order valence-corrected chi connectivity index (χ2v) is 14.8. The molecule has 1 nitrogen and oxygen atoms in total. The van der Waals surface area contributed by atoms with Crippen molar-refractivity contribution < 1.29 is 14.1 Å². The van der Waals surface area contributed by atoms with Crippen molar-refractivity contribution in [1.82, 2.24) is 4.98 Å². The van der Waals surface area contributed by atoms with Gasteiger partial charge in [-0.3, -0.25) is 0 Å². The van der Waals surface area contributed by atoms with Crippen LogP contribution in [-0.4, -0.2) is 12.4 Å². The SMILES string of the molecule is Cl.Cl.[CH3][Cr]([CH2]c1ccccn1)[C]1=CC=C([Si](C)(C)Cl)C1. The Labute approximate surface area is 144 Å². The Kier molecular flexibility index (Phi) is 8.74. The van der Waals surface area contributed by atoms with Crippen molar-refractivity contribution in [3.63, 3.8) is 0 Å². The summed E-state index contributed by atoms with van der Waals surface area (Å²) in [6.45, 7) is 4.42. The maximum atomic E-state index is 6.51. The molecule has 0 aliphatic heterocycles. The van der Waals surface area contributed by atoms with Gasteiger partial charge in [0.1, 0.15) is 0 Å². The van der Waals surface area contributed by atoms with Gasteiger partial charge in [-0.05, 0) is 0 Å². The molecule has 0 aromatic carbocycles. The van der Waals surface area contributed by atoms with Gasteiger partial charge >= 0.3 is 120 Å². The standard InChI is InChI=1S/C7H10ClSi.C6H6N.CH3.2ClH.Cr/c1-9(2,8)7-5-3-4-6-7;1-6-4-2-3-5-7-6;;;;/h3,5H,6H2,1-2H3;2-5H,1H2;1H3;2*1H;. The first-order valence-corrected chi connectivity index (χ1v) is 12.9. The molecule has 0 fully saturated rings. The van der Waals surface area contributed by atoms with Crippen molar-refractivity contribution in [2.45, 2.75) is 30.6 Å². The van der Waals surface area contributed by atoms with E-state index >= 15 is 0 Å². The van der Waals surface area contributed by atoms with E-state index in [1.807, 2.05) is 12.3 Å². The molecule has 113 valence electrons. The molecule has 1 aliphatic rings. The third-order valence-electron chi connectivity index (χ3n) is 3.14. The van der Waals surface area contributed by atoms with Gasteiger partial charge in [-0.25, -0.2) is 0 Å². The molecular formula is C14H21Cl3CrNSi. The second kappa shape index (κ2) is 8.63. The number of aromatic nitrogens is 1. The number of hydrogen-bond donors (Lipinski definition) is 0. The Bertz CT molecular complexity index is 483. The summed E-state index contributed by atoms with van der Waals surface area (Å²) in [7, 11) is -1.62. The molecule has 1 aromatic heterocycles. The van der Waals surface area contributed by atoms with E-state index in [1.54, 1.807) is 4.44 Å². The molecule has 0 atom stereocenters. The Morgan fingerprint density at radius 2 is 1.95 bits per heavy atom. The molecule has 0 amide bonds. The first-order valence-electron chi connectivity index (χ1n) is 6.08. The summed E-state index contributed by atoms with van der Waals surface area (Å²) in [5.41, 5.74) is 1.22. The van der Waals surface area contributed by atoms with Gasteiger partial charge < -0.3 is 0 Å². The minimum atomic E-state index is -1.62. The maximum absolute atomic E-state index is 6.51. The molecule has 1 heterocycles. The van der Waals surface area contributed by atoms with Crippen LogP contribution in [0.2, 0.25) is 18.9 Å². The Morgan fingerprint density at radius 1 is 1.25 bits per heavy atom. The first-order chi connectivity index (χ1) is 8.47. The van der Waals surface area contributed by atoms with Crippen LogP contribution >= 0.6 is 35.9 Å². The molecule has 0 saturated carbocycles. The summed E-state index contributed by atoms with van der Waals surface area (Å²) in [5, 5.41) is 2.62. The fraction of sp³-hybridized carbons (Fsp3) is 0.357. The Morgan fingerprint density at radius 3 is 2.45 bits per heavy atom. The molecule has 0 N–H and O–H groups in total. The number of rotatable bonds is 4. The molecule has 6 heteroatoms. The van der Waals surface area contributed by atoms with Gasteiger partial charge in [0.05, 0.1) is 0 Å². The molecule has 20 heavy (non-hydrogen) atoms. The van der Waals surface area contributed by atoms with Crippen LogP contribution in [0.1, 0.15) is 12.1 Å². The number of halogens is 3. The van der Waals surface area contributed by atoms with E-state index in [0.29, 0.717) is 0 Å². The van der Waals surface area contributed by atoms with E-state index in [-0.39, 0.29) is 24.8 Å². The number of pyridine rings is 1. The molecule has 0 bridgehead atoms. The monoisotopic (exact) mass is 388 g/mol. The predicted molar refractivity (Wildman–Crippen MR) is 92.4 cm³/mol. The summed E-state index contributed by atoms with van der Waals surface area (Å²) in [6, 6.07) is 6.18. The molecular weight excluding hydrogens is 369 g/mol. The van der Waals surface area contributed by atoms with Crippen LogP contribution in [0.25, 0.3) is 0 Å². The Hall–Kier alpha value is 0.249. The number of allylic oxidation sites excluding steroid dienone is 4. The molecule has 1 aromatic rings. The average Bonchev–Trinajstić information content (AvgIpc) is 2.79. The molecule has 1 aliphatic carbocycles. The van der Waals surface area contributed by atoms with Crippen molar-refractivity contribution in [3.8, 4) is 0 Å². The minimum absolute atomic E-state index is 0. The first kappa shape index (κ1) is 20.2. The molecule has 0 radical (unpaired) electrons. The van der Waals surface area contributed by atoms with Gasteiger partial charge in [-0.15, -0.1) is 24.8 Å². The van der Waals surface area contributed by atoms with Crippen molar-refractivity contribution in [2.75, 3.05) is 0 Å². The molecule has 2 rings (SSSR count). The van der Waals surface area contributed by atoms with Gasteiger partial charge in [-0.2, -0.15) is 0 Å². The fourth-order valence-corrected chi connectivity index (χ4v) is 5.98. The van der Waals surface area contributed by atoms with Crippen molar-refractivity contribution >= 4 is 43.3 Å². The molecule has 0 spiro atoms. The van der Waals surface area contributed by atoms with E-state index in [4.69, 9.17) is 11.1 Å². The van der Waals surface area contributed by atoms with Crippen LogP contribution in [0, 0.1) is 0 Å². The van der Waals surface area contributed by atoms with E-state index in [2.05, 4.69) is 48.1 Å². The van der Waals surface area contributed by atoms with E-state index in [0.717, 1.165) is 11.7 Å². The third kappa shape index (κ3) is 5.56. The van der Waals surface area contributed by atoms with Crippen molar-refractivity contribution in [2.24, 2.45) is 0 Å². The summed E-state index contributed by atoms with van der Waals surface area (Å²) in [5.74, 6) is 2.40. The number of nitrogens with zero attached hydrogens (tertiary/aromatic N) is 1. The summed E-state index contributed by atoms with van der Waals surface area (Å²) in [6.07, 6.45) is 7.60. The predicted octanol–water partition coefficient (Wildman–Crippen LogP) is 5.29. The normalized spacial score (nSPS) is 14.2. The van der Waals surface area contributed by atoms with Crippen LogP contribution < -0.4 is 0 Å². The van der Waals surface area contributed by atoms with Gasteiger partial charge in [0.2, 0.25) is 0 Å². The quantitative estimate of drug-likeness (QED) is 0.504. The zero-order valence-corrected chi connectivity index (χ0v) is 16.6. The van der Waals surface area contributed by atoms with E-state index in [1.165, 1.54) is 10.9 Å². The van der Waals surface area contributed by atoms with Crippen LogP contribution in [0.5, 0.6) is 0 Å². The molecule has 0 saturated heterocycles. The summed E-state index contributed by atoms with van der Waals surface area (Å²) >= 11 is 5.77. The van der Waals surface area contributed by atoms with E-state index < -0.39 is 21.5 Å². The zero-order valence-electron chi connectivity index (χ0n) is 11.9. The van der Waals surface area contributed by atoms with Gasteiger partial charge in [0.15, 0.2) is 0 Å². The fourth-order valence-electron chi connectivity index (χ4n) is 1.94. The van der Waals surface area contributed by atoms with Crippen LogP contribution in [-0.2, 0) is 19.4 Å². The van der Waals surface area contributed by atoms with Crippen molar-refractivity contribution in [3.05, 3.63) is 51.9 Å². The topological polar surface area (TPSA) is 12.9 Å². The second-order valence-electron chi connectivity index (χ2n) is 5.08.